The van der Waals surface area contributed by atoms with Gasteiger partial charge < -0.3 is 14.0 Å². The molecular weight excluding hydrogens is 495 g/mol. The maximum absolute atomic E-state index is 13.7. The van der Waals surface area contributed by atoms with Crippen molar-refractivity contribution in [3.05, 3.63) is 107 Å². The number of pyridine rings is 1. The van der Waals surface area contributed by atoms with Gasteiger partial charge in [0, 0.05) is 29.6 Å². The fraction of sp³-hybridized carbons (Fsp3) is 0.185. The monoisotopic (exact) mass is 518 g/mol. The van der Waals surface area contributed by atoms with Crippen molar-refractivity contribution in [3.8, 4) is 11.5 Å². The van der Waals surface area contributed by atoms with Gasteiger partial charge in [0.1, 0.15) is 34.3 Å². The molecule has 10 heteroatoms. The van der Waals surface area contributed by atoms with Crippen molar-refractivity contribution < 1.29 is 23.2 Å². The highest BCUT2D eigenvalue weighted by atomic mass is 32.2. The van der Waals surface area contributed by atoms with Crippen molar-refractivity contribution in [3.63, 3.8) is 0 Å². The number of methoxy groups -OCH3 is 1. The lowest BCUT2D eigenvalue weighted by molar-refractivity contribution is 0.0746. The molecule has 1 atom stereocenters. The smallest absolute Gasteiger partial charge is 0.276 e. The summed E-state index contributed by atoms with van der Waals surface area (Å²) >= 11 is 1.36. The maximum atomic E-state index is 13.7. The van der Waals surface area contributed by atoms with Crippen LogP contribution in [0.2, 0.25) is 0 Å². The molecule has 0 fully saturated rings. The first kappa shape index (κ1) is 24.5. The van der Waals surface area contributed by atoms with Crippen LogP contribution in [0.25, 0.3) is 0 Å². The van der Waals surface area contributed by atoms with E-state index in [-0.39, 0.29) is 18.3 Å². The molecule has 0 aliphatic carbocycles. The van der Waals surface area contributed by atoms with Gasteiger partial charge in [0.05, 0.1) is 12.7 Å². The van der Waals surface area contributed by atoms with E-state index < -0.39 is 5.37 Å². The number of nitrogens with zero attached hydrogens (tertiary/aromatic N) is 4. The molecule has 5 rings (SSSR count). The SMILES string of the molecule is COc1cccc(C2SC(c3ccc(F)cc3)=NN2C(=O)c2cncc(C)c2)c1OCc1cc(C)on1. The Morgan fingerprint density at radius 2 is 1.95 bits per heavy atom. The maximum Gasteiger partial charge on any atom is 0.276 e. The number of para-hydroxylation sites is 1. The van der Waals surface area contributed by atoms with E-state index in [4.69, 9.17) is 14.0 Å². The van der Waals surface area contributed by atoms with Gasteiger partial charge in [-0.25, -0.2) is 9.40 Å². The number of hydrogen-bond donors (Lipinski definition) is 0. The van der Waals surface area contributed by atoms with Gasteiger partial charge in [-0.1, -0.05) is 29.1 Å². The number of carbonyl (C=O) groups excluding carboxylic acids is 1. The molecule has 2 aromatic carbocycles. The molecule has 1 aliphatic heterocycles. The summed E-state index contributed by atoms with van der Waals surface area (Å²) in [4.78, 5) is 17.8. The van der Waals surface area contributed by atoms with Gasteiger partial charge in [0.2, 0.25) is 0 Å². The Morgan fingerprint density at radius 3 is 2.65 bits per heavy atom. The summed E-state index contributed by atoms with van der Waals surface area (Å²) in [5.41, 5.74) is 3.25. The minimum absolute atomic E-state index is 0.142. The van der Waals surface area contributed by atoms with Crippen molar-refractivity contribution >= 4 is 22.7 Å². The van der Waals surface area contributed by atoms with Gasteiger partial charge in [0.15, 0.2) is 11.5 Å². The van der Waals surface area contributed by atoms with Crippen LogP contribution < -0.4 is 9.47 Å². The van der Waals surface area contributed by atoms with E-state index in [1.807, 2.05) is 19.1 Å². The summed E-state index contributed by atoms with van der Waals surface area (Å²) in [7, 11) is 1.55. The van der Waals surface area contributed by atoms with Gasteiger partial charge in [-0.05, 0) is 55.8 Å². The van der Waals surface area contributed by atoms with E-state index in [1.54, 1.807) is 50.6 Å². The van der Waals surface area contributed by atoms with E-state index in [2.05, 4.69) is 15.2 Å². The summed E-state index contributed by atoms with van der Waals surface area (Å²) in [5, 5.41) is 10.0. The number of hydrogen-bond acceptors (Lipinski definition) is 8. The fourth-order valence-electron chi connectivity index (χ4n) is 3.87. The van der Waals surface area contributed by atoms with Crippen molar-refractivity contribution in [1.82, 2.24) is 15.1 Å². The number of aromatic nitrogens is 2. The van der Waals surface area contributed by atoms with E-state index in [0.717, 1.165) is 5.56 Å². The van der Waals surface area contributed by atoms with Gasteiger partial charge in [0.25, 0.3) is 5.91 Å². The predicted octanol–water partition coefficient (Wildman–Crippen LogP) is 5.66. The lowest BCUT2D eigenvalue weighted by Crippen LogP contribution is -2.26. The minimum atomic E-state index is -0.586. The normalized spacial score (nSPS) is 15.0. The summed E-state index contributed by atoms with van der Waals surface area (Å²) < 4.78 is 30.5. The van der Waals surface area contributed by atoms with Crippen molar-refractivity contribution in [2.24, 2.45) is 5.10 Å². The minimum Gasteiger partial charge on any atom is -0.493 e. The Morgan fingerprint density at radius 1 is 1.14 bits per heavy atom. The Hall–Kier alpha value is -4.18. The highest BCUT2D eigenvalue weighted by Crippen LogP contribution is 2.47. The van der Waals surface area contributed by atoms with E-state index >= 15 is 0 Å². The van der Waals surface area contributed by atoms with Crippen LogP contribution in [0.4, 0.5) is 4.39 Å². The van der Waals surface area contributed by atoms with Gasteiger partial charge in [-0.2, -0.15) is 5.10 Å². The molecule has 1 unspecified atom stereocenters. The van der Waals surface area contributed by atoms with E-state index in [0.29, 0.717) is 44.7 Å². The zero-order chi connectivity index (χ0) is 25.9. The van der Waals surface area contributed by atoms with Crippen LogP contribution in [0.15, 0.2) is 76.6 Å². The predicted molar refractivity (Wildman–Crippen MR) is 137 cm³/mol. The fourth-order valence-corrected chi connectivity index (χ4v) is 5.05. The third kappa shape index (κ3) is 5.19. The van der Waals surface area contributed by atoms with Gasteiger partial charge >= 0.3 is 0 Å². The largest absolute Gasteiger partial charge is 0.493 e. The van der Waals surface area contributed by atoms with E-state index in [1.165, 1.54) is 35.1 Å². The first-order valence-electron chi connectivity index (χ1n) is 11.4. The summed E-state index contributed by atoms with van der Waals surface area (Å²) in [6.45, 7) is 3.81. The Kier molecular flexibility index (Phi) is 6.91. The van der Waals surface area contributed by atoms with Crippen molar-refractivity contribution in [2.45, 2.75) is 25.8 Å². The highest BCUT2D eigenvalue weighted by Gasteiger charge is 2.37. The number of thioether (sulfide) groups is 1. The molecule has 0 bridgehead atoms. The second-order valence-electron chi connectivity index (χ2n) is 8.38. The molecule has 0 spiro atoms. The Bertz CT molecular complexity index is 1470. The molecule has 1 aliphatic rings. The second-order valence-corrected chi connectivity index (χ2v) is 9.45. The highest BCUT2D eigenvalue weighted by molar-refractivity contribution is 8.14. The number of rotatable bonds is 7. The lowest BCUT2D eigenvalue weighted by Gasteiger charge is -2.24. The second kappa shape index (κ2) is 10.4. The number of amides is 1. The molecule has 188 valence electrons. The number of hydrazone groups is 1. The average molecular weight is 519 g/mol. The topological polar surface area (TPSA) is 90.0 Å². The standard InChI is InChI=1S/C27H23FN4O4S/c1-16-11-19(14-29-13-16)26(33)32-27(37-25(30-32)18-7-9-20(28)10-8-18)22-5-4-6-23(34-3)24(22)35-15-21-12-17(2)36-31-21/h4-14,27H,15H2,1-3H3. The zero-order valence-corrected chi connectivity index (χ0v) is 21.2. The average Bonchev–Trinajstić information content (AvgIpc) is 3.53. The Balaban J connectivity index is 1.55. The molecule has 37 heavy (non-hydrogen) atoms. The van der Waals surface area contributed by atoms with Crippen LogP contribution in [-0.2, 0) is 6.61 Å². The number of carbonyl (C=O) groups is 1. The first-order chi connectivity index (χ1) is 17.9. The van der Waals surface area contributed by atoms with Crippen LogP contribution in [0, 0.1) is 19.7 Å². The van der Waals surface area contributed by atoms with Crippen LogP contribution in [0.3, 0.4) is 0 Å². The molecule has 0 radical (unpaired) electrons. The lowest BCUT2D eigenvalue weighted by atomic mass is 10.1. The molecule has 0 saturated carbocycles. The quantitative estimate of drug-likeness (QED) is 0.312. The van der Waals surface area contributed by atoms with Gasteiger partial charge in [-0.3, -0.25) is 9.78 Å². The summed E-state index contributed by atoms with van der Waals surface area (Å²) in [6.07, 6.45) is 3.19. The van der Waals surface area contributed by atoms with Crippen molar-refractivity contribution in [2.75, 3.05) is 7.11 Å². The molecule has 2 aromatic heterocycles. The molecule has 3 heterocycles. The molecule has 8 nitrogen and oxygen atoms in total. The van der Waals surface area contributed by atoms with Gasteiger partial charge in [-0.15, -0.1) is 0 Å². The van der Waals surface area contributed by atoms with Crippen LogP contribution in [0.1, 0.15) is 43.9 Å². The Labute approximate surface area is 217 Å². The molecular formula is C27H23FN4O4S. The third-order valence-corrected chi connectivity index (χ3v) is 6.82. The van der Waals surface area contributed by atoms with Crippen LogP contribution >= 0.6 is 11.8 Å². The molecule has 4 aromatic rings. The third-order valence-electron chi connectivity index (χ3n) is 5.60. The van der Waals surface area contributed by atoms with E-state index in [9.17, 15) is 9.18 Å². The summed E-state index contributed by atoms with van der Waals surface area (Å²) in [6, 6.07) is 15.0. The molecule has 0 N–H and O–H groups in total. The zero-order valence-electron chi connectivity index (χ0n) is 20.3. The first-order valence-corrected chi connectivity index (χ1v) is 12.3. The van der Waals surface area contributed by atoms with Crippen molar-refractivity contribution in [1.29, 1.82) is 0 Å². The van der Waals surface area contributed by atoms with Crippen LogP contribution in [-0.4, -0.2) is 33.2 Å². The molecule has 1 amide bonds. The van der Waals surface area contributed by atoms with Crippen LogP contribution in [0.5, 0.6) is 11.5 Å². The number of aryl methyl sites for hydroxylation is 2. The number of ether oxygens (including phenoxy) is 2. The summed E-state index contributed by atoms with van der Waals surface area (Å²) in [5.74, 6) is 0.948. The number of benzene rings is 2. The molecule has 0 saturated heterocycles. The number of halogens is 1.